The molecule has 128 valence electrons. The fourth-order valence-electron chi connectivity index (χ4n) is 2.48. The Bertz CT molecular complexity index is 862. The Balaban J connectivity index is 1.71. The molecule has 4 nitrogen and oxygen atoms in total. The number of carbonyl (C=O) groups is 1. The van der Waals surface area contributed by atoms with Gasteiger partial charge in [0.1, 0.15) is 10.7 Å². The van der Waals surface area contributed by atoms with E-state index in [1.54, 1.807) is 18.3 Å². The van der Waals surface area contributed by atoms with Crippen LogP contribution in [0.1, 0.15) is 44.6 Å². The Morgan fingerprint density at radius 2 is 2.00 bits per heavy atom. The number of pyridine rings is 1. The lowest BCUT2D eigenvalue weighted by molar-refractivity contribution is 0.0942. The van der Waals surface area contributed by atoms with Gasteiger partial charge in [0.25, 0.3) is 5.91 Å². The van der Waals surface area contributed by atoms with Crippen LogP contribution < -0.4 is 5.32 Å². The van der Waals surface area contributed by atoms with E-state index in [4.69, 9.17) is 0 Å². The lowest BCUT2D eigenvalue weighted by Crippen LogP contribution is -2.27. The predicted octanol–water partition coefficient (Wildman–Crippen LogP) is 4.07. The lowest BCUT2D eigenvalue weighted by Gasteiger charge is -2.12. The summed E-state index contributed by atoms with van der Waals surface area (Å²) in [4.78, 5) is 21.9. The molecular formula is C19H18FN3OS. The van der Waals surface area contributed by atoms with Crippen LogP contribution in [0.25, 0.3) is 0 Å². The lowest BCUT2D eigenvalue weighted by atomic mass is 10.1. The summed E-state index contributed by atoms with van der Waals surface area (Å²) in [5, 5.41) is 3.79. The minimum Gasteiger partial charge on any atom is -0.343 e. The third-order valence-electron chi connectivity index (χ3n) is 3.79. The number of nitrogens with zero attached hydrogens (tertiary/aromatic N) is 2. The van der Waals surface area contributed by atoms with E-state index < -0.39 is 0 Å². The number of thiazole rings is 1. The number of aryl methyl sites for hydroxylation is 1. The van der Waals surface area contributed by atoms with Crippen LogP contribution in [0.15, 0.2) is 48.7 Å². The highest BCUT2D eigenvalue weighted by Crippen LogP contribution is 2.22. The van der Waals surface area contributed by atoms with Gasteiger partial charge in [0, 0.05) is 12.6 Å². The average molecular weight is 355 g/mol. The second-order valence-electron chi connectivity index (χ2n) is 5.78. The van der Waals surface area contributed by atoms with Gasteiger partial charge in [-0.05, 0) is 43.7 Å². The smallest absolute Gasteiger partial charge is 0.263 e. The first-order chi connectivity index (χ1) is 12.0. The molecule has 0 fully saturated rings. The number of rotatable bonds is 5. The summed E-state index contributed by atoms with van der Waals surface area (Å²) in [6.07, 6.45) is 2.28. The van der Waals surface area contributed by atoms with Gasteiger partial charge in [0.2, 0.25) is 0 Å². The minimum atomic E-state index is -0.261. The fourth-order valence-corrected chi connectivity index (χ4v) is 3.49. The molecule has 1 aromatic carbocycles. The van der Waals surface area contributed by atoms with Crippen LogP contribution in [0.3, 0.4) is 0 Å². The SMILES string of the molecule is Cc1nc(Cc2ccc(F)cc2)sc1C(=O)NC(C)c1ccccn1. The Morgan fingerprint density at radius 3 is 2.68 bits per heavy atom. The number of hydrogen-bond acceptors (Lipinski definition) is 4. The number of benzene rings is 1. The summed E-state index contributed by atoms with van der Waals surface area (Å²) in [5.74, 6) is -0.416. The average Bonchev–Trinajstić information content (AvgIpc) is 2.98. The van der Waals surface area contributed by atoms with Crippen LogP contribution in [0.2, 0.25) is 0 Å². The number of aromatic nitrogens is 2. The maximum Gasteiger partial charge on any atom is 0.263 e. The highest BCUT2D eigenvalue weighted by Gasteiger charge is 2.18. The van der Waals surface area contributed by atoms with Gasteiger partial charge in [-0.1, -0.05) is 18.2 Å². The van der Waals surface area contributed by atoms with E-state index in [2.05, 4.69) is 15.3 Å². The minimum absolute atomic E-state index is 0.154. The van der Waals surface area contributed by atoms with Crippen molar-refractivity contribution in [1.82, 2.24) is 15.3 Å². The number of carbonyl (C=O) groups excluding carboxylic acids is 1. The monoisotopic (exact) mass is 355 g/mol. The van der Waals surface area contributed by atoms with Gasteiger partial charge in [-0.2, -0.15) is 0 Å². The molecular weight excluding hydrogens is 337 g/mol. The third kappa shape index (κ3) is 4.28. The molecule has 6 heteroatoms. The molecule has 25 heavy (non-hydrogen) atoms. The summed E-state index contributed by atoms with van der Waals surface area (Å²) in [6.45, 7) is 3.72. The zero-order valence-corrected chi connectivity index (χ0v) is 14.8. The maximum atomic E-state index is 13.0. The van der Waals surface area contributed by atoms with Gasteiger partial charge in [0.05, 0.1) is 22.4 Å². The number of halogens is 1. The molecule has 1 atom stereocenters. The first kappa shape index (κ1) is 17.2. The molecule has 2 heterocycles. The van der Waals surface area contributed by atoms with Gasteiger partial charge in [-0.3, -0.25) is 9.78 Å². The molecule has 0 saturated carbocycles. The van der Waals surface area contributed by atoms with Crippen LogP contribution in [-0.4, -0.2) is 15.9 Å². The van der Waals surface area contributed by atoms with Gasteiger partial charge < -0.3 is 5.32 Å². The van der Waals surface area contributed by atoms with Crippen molar-refractivity contribution in [1.29, 1.82) is 0 Å². The van der Waals surface area contributed by atoms with E-state index in [9.17, 15) is 9.18 Å². The van der Waals surface area contributed by atoms with Crippen molar-refractivity contribution in [2.24, 2.45) is 0 Å². The van der Waals surface area contributed by atoms with Crippen molar-refractivity contribution in [2.45, 2.75) is 26.3 Å². The van der Waals surface area contributed by atoms with Crippen LogP contribution in [0.5, 0.6) is 0 Å². The molecule has 0 radical (unpaired) electrons. The second-order valence-corrected chi connectivity index (χ2v) is 6.86. The molecule has 0 saturated heterocycles. The highest BCUT2D eigenvalue weighted by atomic mass is 32.1. The van der Waals surface area contributed by atoms with E-state index in [1.165, 1.54) is 23.5 Å². The van der Waals surface area contributed by atoms with Crippen molar-refractivity contribution in [3.63, 3.8) is 0 Å². The van der Waals surface area contributed by atoms with Gasteiger partial charge in [-0.15, -0.1) is 11.3 Å². The number of hydrogen-bond donors (Lipinski definition) is 1. The Kier molecular flexibility index (Phi) is 5.19. The highest BCUT2D eigenvalue weighted by molar-refractivity contribution is 7.13. The van der Waals surface area contributed by atoms with E-state index in [0.29, 0.717) is 17.0 Å². The molecule has 0 spiro atoms. The van der Waals surface area contributed by atoms with Crippen LogP contribution in [0.4, 0.5) is 4.39 Å². The maximum absolute atomic E-state index is 13.0. The molecule has 1 N–H and O–H groups in total. The van der Waals surface area contributed by atoms with E-state index in [0.717, 1.165) is 16.3 Å². The molecule has 0 bridgehead atoms. The van der Waals surface area contributed by atoms with E-state index in [1.807, 2.05) is 32.0 Å². The van der Waals surface area contributed by atoms with E-state index >= 15 is 0 Å². The summed E-state index contributed by atoms with van der Waals surface area (Å²) < 4.78 is 13.0. The Labute approximate surface area is 149 Å². The van der Waals surface area contributed by atoms with Crippen molar-refractivity contribution in [2.75, 3.05) is 0 Å². The van der Waals surface area contributed by atoms with Crippen LogP contribution in [-0.2, 0) is 6.42 Å². The standard InChI is InChI=1S/C19H18FN3OS/c1-12(16-5-3-4-10-21-16)23-19(24)18-13(2)22-17(25-18)11-14-6-8-15(20)9-7-14/h3-10,12H,11H2,1-2H3,(H,23,24). The Morgan fingerprint density at radius 1 is 1.24 bits per heavy atom. The number of amides is 1. The molecule has 2 aromatic heterocycles. The molecule has 0 aliphatic heterocycles. The first-order valence-electron chi connectivity index (χ1n) is 7.95. The topological polar surface area (TPSA) is 54.9 Å². The first-order valence-corrected chi connectivity index (χ1v) is 8.77. The molecule has 3 aromatic rings. The van der Waals surface area contributed by atoms with Gasteiger partial charge >= 0.3 is 0 Å². The van der Waals surface area contributed by atoms with Crippen LogP contribution in [0, 0.1) is 12.7 Å². The second kappa shape index (κ2) is 7.53. The largest absolute Gasteiger partial charge is 0.343 e. The zero-order chi connectivity index (χ0) is 17.8. The van der Waals surface area contributed by atoms with Gasteiger partial charge in [0.15, 0.2) is 0 Å². The quantitative estimate of drug-likeness (QED) is 0.751. The Hall–Kier alpha value is -2.60. The molecule has 1 amide bonds. The zero-order valence-electron chi connectivity index (χ0n) is 14.0. The normalized spacial score (nSPS) is 12.0. The van der Waals surface area contributed by atoms with Gasteiger partial charge in [-0.25, -0.2) is 9.37 Å². The van der Waals surface area contributed by atoms with Crippen molar-refractivity contribution in [3.05, 3.63) is 81.3 Å². The summed E-state index contributed by atoms with van der Waals surface area (Å²) in [7, 11) is 0. The molecule has 0 aliphatic rings. The number of nitrogens with one attached hydrogen (secondary N) is 1. The predicted molar refractivity (Wildman–Crippen MR) is 96.2 cm³/mol. The summed E-state index contributed by atoms with van der Waals surface area (Å²) in [6, 6.07) is 11.7. The fraction of sp³-hybridized carbons (Fsp3) is 0.211. The van der Waals surface area contributed by atoms with Crippen molar-refractivity contribution in [3.8, 4) is 0 Å². The molecule has 1 unspecified atom stereocenters. The van der Waals surface area contributed by atoms with Crippen molar-refractivity contribution >= 4 is 17.2 Å². The molecule has 0 aliphatic carbocycles. The summed E-state index contributed by atoms with van der Waals surface area (Å²) >= 11 is 1.37. The third-order valence-corrected chi connectivity index (χ3v) is 4.95. The summed E-state index contributed by atoms with van der Waals surface area (Å²) in [5.41, 5.74) is 2.47. The van der Waals surface area contributed by atoms with Crippen molar-refractivity contribution < 1.29 is 9.18 Å². The van der Waals surface area contributed by atoms with E-state index in [-0.39, 0.29) is 17.8 Å². The molecule has 3 rings (SSSR count). The van der Waals surface area contributed by atoms with Crippen LogP contribution >= 0.6 is 11.3 Å².